The minimum atomic E-state index is -3.58. The topological polar surface area (TPSA) is 71.5 Å². The van der Waals surface area contributed by atoms with Crippen molar-refractivity contribution >= 4 is 31.5 Å². The van der Waals surface area contributed by atoms with Crippen molar-refractivity contribution in [1.82, 2.24) is 4.31 Å². The molecule has 1 aliphatic rings. The number of sulfone groups is 1. The zero-order valence-corrected chi connectivity index (χ0v) is 15.8. The van der Waals surface area contributed by atoms with Gasteiger partial charge in [0.25, 0.3) is 0 Å². The largest absolute Gasteiger partial charge is 0.223 e. The van der Waals surface area contributed by atoms with Crippen LogP contribution < -0.4 is 0 Å². The molecule has 5 nitrogen and oxygen atoms in total. The first kappa shape index (κ1) is 18.4. The molecule has 0 radical (unpaired) electrons. The third-order valence-corrected chi connectivity index (χ3v) is 8.53. The molecule has 1 unspecified atom stereocenters. The van der Waals surface area contributed by atoms with Crippen LogP contribution in [-0.4, -0.2) is 39.5 Å². The number of benzene rings is 2. The van der Waals surface area contributed by atoms with E-state index in [1.54, 1.807) is 54.6 Å². The molecule has 0 aromatic heterocycles. The maximum absolute atomic E-state index is 12.7. The summed E-state index contributed by atoms with van der Waals surface area (Å²) in [6, 6.07) is 14.8. The second kappa shape index (κ2) is 7.07. The van der Waals surface area contributed by atoms with Gasteiger partial charge in [0, 0.05) is 18.1 Å². The molecule has 0 spiro atoms. The summed E-state index contributed by atoms with van der Waals surface area (Å²) in [5.74, 6) is -0.164. The fourth-order valence-corrected chi connectivity index (χ4v) is 6.41. The predicted molar refractivity (Wildman–Crippen MR) is 97.7 cm³/mol. The summed E-state index contributed by atoms with van der Waals surface area (Å²) in [5, 5.41) is -0.175. The second-order valence-electron chi connectivity index (χ2n) is 6.01. The summed E-state index contributed by atoms with van der Waals surface area (Å²) in [5.41, 5.74) is 0.624. The van der Waals surface area contributed by atoms with Crippen molar-refractivity contribution in [3.8, 4) is 0 Å². The van der Waals surface area contributed by atoms with Gasteiger partial charge >= 0.3 is 0 Å². The Labute approximate surface area is 153 Å². The first-order valence-electron chi connectivity index (χ1n) is 7.80. The Morgan fingerprint density at radius 3 is 2.24 bits per heavy atom. The average molecular weight is 400 g/mol. The first-order chi connectivity index (χ1) is 11.8. The zero-order valence-electron chi connectivity index (χ0n) is 13.4. The molecule has 2 aromatic rings. The summed E-state index contributed by atoms with van der Waals surface area (Å²) < 4.78 is 51.8. The third kappa shape index (κ3) is 4.06. The Kier molecular flexibility index (Phi) is 5.20. The molecule has 0 saturated carbocycles. The summed E-state index contributed by atoms with van der Waals surface area (Å²) in [7, 11) is -7.11. The van der Waals surface area contributed by atoms with E-state index in [1.165, 1.54) is 4.31 Å². The molecule has 2 aromatic carbocycles. The fourth-order valence-electron chi connectivity index (χ4n) is 2.89. The van der Waals surface area contributed by atoms with Gasteiger partial charge in [0.05, 0.1) is 15.9 Å². The van der Waals surface area contributed by atoms with Crippen LogP contribution in [0.15, 0.2) is 59.5 Å². The van der Waals surface area contributed by atoms with Crippen LogP contribution in [-0.2, 0) is 25.6 Å². The number of nitrogens with zero attached hydrogens (tertiary/aromatic N) is 1. The van der Waals surface area contributed by atoms with Crippen molar-refractivity contribution in [3.05, 3.63) is 65.2 Å². The molecule has 1 heterocycles. The molecule has 25 heavy (non-hydrogen) atoms. The molecule has 0 N–H and O–H groups in total. The number of hydrogen-bond acceptors (Lipinski definition) is 4. The highest BCUT2D eigenvalue weighted by molar-refractivity contribution is 7.92. The number of halogens is 1. The van der Waals surface area contributed by atoms with Crippen LogP contribution in [0.5, 0.6) is 0 Å². The van der Waals surface area contributed by atoms with Crippen LogP contribution in [0.4, 0.5) is 0 Å². The number of rotatable bonds is 5. The number of sulfonamides is 1. The van der Waals surface area contributed by atoms with E-state index < -0.39 is 25.1 Å². The van der Waals surface area contributed by atoms with E-state index in [1.807, 2.05) is 0 Å². The lowest BCUT2D eigenvalue weighted by atomic mass is 10.2. The van der Waals surface area contributed by atoms with Crippen molar-refractivity contribution in [1.29, 1.82) is 0 Å². The molecule has 134 valence electrons. The van der Waals surface area contributed by atoms with Gasteiger partial charge in [-0.25, -0.2) is 21.1 Å². The van der Waals surface area contributed by atoms with Gasteiger partial charge < -0.3 is 0 Å². The van der Waals surface area contributed by atoms with Gasteiger partial charge in [-0.15, -0.1) is 0 Å². The van der Waals surface area contributed by atoms with Crippen molar-refractivity contribution in [2.75, 3.05) is 13.1 Å². The molecule has 3 rings (SSSR count). The second-order valence-corrected chi connectivity index (χ2v) is 10.6. The lowest BCUT2D eigenvalue weighted by Gasteiger charge is -2.17. The van der Waals surface area contributed by atoms with E-state index >= 15 is 0 Å². The molecule has 8 heteroatoms. The number of hydrogen-bond donors (Lipinski definition) is 0. The minimum absolute atomic E-state index is 0.00679. The van der Waals surface area contributed by atoms with Gasteiger partial charge in [-0.2, -0.15) is 0 Å². The molecule has 1 atom stereocenters. The standard InChI is InChI=1S/C17H18ClNO4S2/c18-15-8-6-14(7-9-15)13-24(20,21)19-11-10-17(12-19)25(22,23)16-4-2-1-3-5-16/h1-9,17H,10-13H2. The molecular formula is C17H18ClNO4S2. The van der Waals surface area contributed by atoms with E-state index in [2.05, 4.69) is 0 Å². The molecule has 1 fully saturated rings. The molecule has 0 amide bonds. The predicted octanol–water partition coefficient (Wildman–Crippen LogP) is 2.72. The zero-order chi connectivity index (χ0) is 18.1. The summed E-state index contributed by atoms with van der Waals surface area (Å²) >= 11 is 5.81. The highest BCUT2D eigenvalue weighted by atomic mass is 35.5. The van der Waals surface area contributed by atoms with Crippen molar-refractivity contribution in [2.24, 2.45) is 0 Å². The highest BCUT2D eigenvalue weighted by Gasteiger charge is 2.38. The van der Waals surface area contributed by atoms with E-state index in [-0.39, 0.29) is 23.7 Å². The van der Waals surface area contributed by atoms with Crippen molar-refractivity contribution in [3.63, 3.8) is 0 Å². The van der Waals surface area contributed by atoms with Gasteiger partial charge in [0.15, 0.2) is 9.84 Å². The lowest BCUT2D eigenvalue weighted by Crippen LogP contribution is -2.32. The Hall–Kier alpha value is -1.41. The fraction of sp³-hybridized carbons (Fsp3) is 0.294. The smallest absolute Gasteiger partial charge is 0.218 e. The maximum Gasteiger partial charge on any atom is 0.218 e. The van der Waals surface area contributed by atoms with Gasteiger partial charge in [-0.1, -0.05) is 41.9 Å². The van der Waals surface area contributed by atoms with Gasteiger partial charge in [0.2, 0.25) is 10.0 Å². The van der Waals surface area contributed by atoms with Gasteiger partial charge in [0.1, 0.15) is 0 Å². The van der Waals surface area contributed by atoms with Crippen LogP contribution in [0.3, 0.4) is 0 Å². The lowest BCUT2D eigenvalue weighted by molar-refractivity contribution is 0.475. The van der Waals surface area contributed by atoms with E-state index in [0.717, 1.165) is 0 Å². The van der Waals surface area contributed by atoms with Gasteiger partial charge in [-0.05, 0) is 36.2 Å². The van der Waals surface area contributed by atoms with Crippen LogP contribution in [0.1, 0.15) is 12.0 Å². The Morgan fingerprint density at radius 1 is 0.960 bits per heavy atom. The SMILES string of the molecule is O=S(=O)(c1ccccc1)C1CCN(S(=O)(=O)Cc2ccc(Cl)cc2)C1. The van der Waals surface area contributed by atoms with Crippen LogP contribution in [0.2, 0.25) is 5.02 Å². The Balaban J connectivity index is 1.74. The molecule has 0 aliphatic carbocycles. The Bertz CT molecular complexity index is 942. The summed E-state index contributed by atoms with van der Waals surface area (Å²) in [4.78, 5) is 0.233. The summed E-state index contributed by atoms with van der Waals surface area (Å²) in [6.07, 6.45) is 0.303. The highest BCUT2D eigenvalue weighted by Crippen LogP contribution is 2.26. The Morgan fingerprint density at radius 2 is 1.60 bits per heavy atom. The molecule has 1 saturated heterocycles. The van der Waals surface area contributed by atoms with Crippen molar-refractivity contribution in [2.45, 2.75) is 22.3 Å². The van der Waals surface area contributed by atoms with Crippen LogP contribution in [0.25, 0.3) is 0 Å². The van der Waals surface area contributed by atoms with E-state index in [9.17, 15) is 16.8 Å². The van der Waals surface area contributed by atoms with E-state index in [4.69, 9.17) is 11.6 Å². The third-order valence-electron chi connectivity index (χ3n) is 4.27. The first-order valence-corrected chi connectivity index (χ1v) is 11.3. The van der Waals surface area contributed by atoms with Crippen LogP contribution >= 0.6 is 11.6 Å². The summed E-state index contributed by atoms with van der Waals surface area (Å²) in [6.45, 7) is 0.208. The average Bonchev–Trinajstić information content (AvgIpc) is 3.09. The van der Waals surface area contributed by atoms with Crippen LogP contribution in [0, 0.1) is 0 Å². The van der Waals surface area contributed by atoms with Gasteiger partial charge in [-0.3, -0.25) is 0 Å². The quantitative estimate of drug-likeness (QED) is 0.775. The van der Waals surface area contributed by atoms with E-state index in [0.29, 0.717) is 17.0 Å². The normalized spacial score (nSPS) is 19.2. The minimum Gasteiger partial charge on any atom is -0.223 e. The molecule has 0 bridgehead atoms. The molecular weight excluding hydrogens is 382 g/mol. The monoisotopic (exact) mass is 399 g/mol. The maximum atomic E-state index is 12.7. The molecule has 1 aliphatic heterocycles. The van der Waals surface area contributed by atoms with Crippen molar-refractivity contribution < 1.29 is 16.8 Å².